The molecule has 0 nitrogen and oxygen atoms in total. The first-order valence-corrected chi connectivity index (χ1v) is 7.46. The van der Waals surface area contributed by atoms with E-state index in [9.17, 15) is 0 Å². The predicted molar refractivity (Wildman–Crippen MR) is 78.6 cm³/mol. The third kappa shape index (κ3) is 4.88. The molecule has 1 atom stereocenters. The standard InChI is InChI=1S/C16H22S/c1-4-7-14(8-5-2)15-9-11-16(12-10-15)17-13-6-3/h1,9-12,14H,5-8,13H2,2-3H3. The van der Waals surface area contributed by atoms with Crippen molar-refractivity contribution in [1.29, 1.82) is 0 Å². The SMILES string of the molecule is C#CCC(CCC)c1ccc(SCCC)cc1. The second-order valence-electron chi connectivity index (χ2n) is 4.31. The van der Waals surface area contributed by atoms with E-state index in [0.29, 0.717) is 5.92 Å². The van der Waals surface area contributed by atoms with Crippen LogP contribution in [0.15, 0.2) is 29.2 Å². The number of hydrogen-bond acceptors (Lipinski definition) is 1. The fraction of sp³-hybridized carbons (Fsp3) is 0.500. The molecule has 1 aromatic rings. The molecule has 17 heavy (non-hydrogen) atoms. The van der Waals surface area contributed by atoms with E-state index in [1.807, 2.05) is 11.8 Å². The van der Waals surface area contributed by atoms with E-state index in [1.54, 1.807) is 0 Å². The smallest absolute Gasteiger partial charge is 0.0155 e. The van der Waals surface area contributed by atoms with E-state index >= 15 is 0 Å². The van der Waals surface area contributed by atoms with Gasteiger partial charge in [-0.25, -0.2) is 0 Å². The second kappa shape index (κ2) is 8.25. The van der Waals surface area contributed by atoms with Crippen LogP contribution in [0.3, 0.4) is 0 Å². The molecule has 0 saturated heterocycles. The van der Waals surface area contributed by atoms with Crippen LogP contribution >= 0.6 is 11.8 Å². The van der Waals surface area contributed by atoms with Crippen molar-refractivity contribution in [2.24, 2.45) is 0 Å². The van der Waals surface area contributed by atoms with Crippen molar-refractivity contribution in [3.8, 4) is 12.3 Å². The summed E-state index contributed by atoms with van der Waals surface area (Å²) in [5, 5.41) is 0. The van der Waals surface area contributed by atoms with Crippen molar-refractivity contribution in [1.82, 2.24) is 0 Å². The first-order valence-electron chi connectivity index (χ1n) is 6.48. The minimum absolute atomic E-state index is 0.537. The fourth-order valence-electron chi connectivity index (χ4n) is 1.93. The summed E-state index contributed by atoms with van der Waals surface area (Å²) >= 11 is 1.93. The minimum atomic E-state index is 0.537. The van der Waals surface area contributed by atoms with Gasteiger partial charge in [-0.15, -0.1) is 24.1 Å². The number of hydrogen-bond donors (Lipinski definition) is 0. The molecule has 0 spiro atoms. The highest BCUT2D eigenvalue weighted by atomic mass is 32.2. The summed E-state index contributed by atoms with van der Waals surface area (Å²) in [6.45, 7) is 4.43. The molecule has 1 unspecified atom stereocenters. The zero-order valence-electron chi connectivity index (χ0n) is 10.9. The topological polar surface area (TPSA) is 0 Å². The fourth-order valence-corrected chi connectivity index (χ4v) is 2.70. The highest BCUT2D eigenvalue weighted by molar-refractivity contribution is 7.99. The monoisotopic (exact) mass is 246 g/mol. The van der Waals surface area contributed by atoms with Crippen molar-refractivity contribution in [3.05, 3.63) is 29.8 Å². The molecule has 0 aliphatic carbocycles. The van der Waals surface area contributed by atoms with Crippen LogP contribution in [0.4, 0.5) is 0 Å². The zero-order valence-corrected chi connectivity index (χ0v) is 11.7. The lowest BCUT2D eigenvalue weighted by molar-refractivity contribution is 0.628. The van der Waals surface area contributed by atoms with E-state index in [4.69, 9.17) is 6.42 Å². The molecule has 0 aliphatic rings. The van der Waals surface area contributed by atoms with Gasteiger partial charge in [0.2, 0.25) is 0 Å². The summed E-state index contributed by atoms with van der Waals surface area (Å²) in [6.07, 6.45) is 9.90. The second-order valence-corrected chi connectivity index (χ2v) is 5.48. The van der Waals surface area contributed by atoms with Gasteiger partial charge in [-0.1, -0.05) is 32.4 Å². The lowest BCUT2D eigenvalue weighted by Crippen LogP contribution is -1.97. The van der Waals surface area contributed by atoms with E-state index in [0.717, 1.165) is 6.42 Å². The Hall–Kier alpha value is -0.870. The van der Waals surface area contributed by atoms with Crippen LogP contribution in [-0.2, 0) is 0 Å². The highest BCUT2D eigenvalue weighted by Crippen LogP contribution is 2.27. The van der Waals surface area contributed by atoms with Crippen LogP contribution in [0.25, 0.3) is 0 Å². The molecule has 0 fully saturated rings. The van der Waals surface area contributed by atoms with Gasteiger partial charge in [0.25, 0.3) is 0 Å². The van der Waals surface area contributed by atoms with Crippen molar-refractivity contribution in [3.63, 3.8) is 0 Å². The molecule has 0 radical (unpaired) electrons. The van der Waals surface area contributed by atoms with Gasteiger partial charge in [0.05, 0.1) is 0 Å². The third-order valence-electron chi connectivity index (χ3n) is 2.83. The molecule has 1 rings (SSSR count). The number of rotatable bonds is 7. The quantitative estimate of drug-likeness (QED) is 0.476. The Balaban J connectivity index is 2.67. The molecule has 92 valence electrons. The van der Waals surface area contributed by atoms with Crippen LogP contribution in [0.1, 0.15) is 51.0 Å². The van der Waals surface area contributed by atoms with Crippen LogP contribution in [0.5, 0.6) is 0 Å². The average molecular weight is 246 g/mol. The number of benzene rings is 1. The van der Waals surface area contributed by atoms with E-state index in [1.165, 1.54) is 35.5 Å². The zero-order chi connectivity index (χ0) is 12.5. The Bertz CT molecular complexity index is 345. The van der Waals surface area contributed by atoms with E-state index < -0.39 is 0 Å². The molecule has 0 saturated carbocycles. The van der Waals surface area contributed by atoms with Gasteiger partial charge in [-0.2, -0.15) is 0 Å². The Morgan fingerprint density at radius 1 is 1.18 bits per heavy atom. The maximum absolute atomic E-state index is 5.44. The molecule has 1 aromatic carbocycles. The van der Waals surface area contributed by atoms with Gasteiger partial charge in [-0.05, 0) is 42.2 Å². The van der Waals surface area contributed by atoms with Crippen molar-refractivity contribution in [2.75, 3.05) is 5.75 Å². The van der Waals surface area contributed by atoms with Gasteiger partial charge in [-0.3, -0.25) is 0 Å². The predicted octanol–water partition coefficient (Wildman–Crippen LogP) is 5.10. The summed E-state index contributed by atoms with van der Waals surface area (Å²) in [5.74, 6) is 4.53. The highest BCUT2D eigenvalue weighted by Gasteiger charge is 2.08. The molecule has 0 heterocycles. The molecule has 0 amide bonds. The molecule has 0 aliphatic heterocycles. The van der Waals surface area contributed by atoms with Crippen LogP contribution in [-0.4, -0.2) is 5.75 Å². The Labute approximate surface area is 110 Å². The third-order valence-corrected chi connectivity index (χ3v) is 4.04. The van der Waals surface area contributed by atoms with Crippen LogP contribution in [0.2, 0.25) is 0 Å². The summed E-state index contributed by atoms with van der Waals surface area (Å²) in [6, 6.07) is 8.95. The summed E-state index contributed by atoms with van der Waals surface area (Å²) < 4.78 is 0. The number of thioether (sulfide) groups is 1. The normalized spacial score (nSPS) is 12.1. The molecule has 0 N–H and O–H groups in total. The summed E-state index contributed by atoms with van der Waals surface area (Å²) in [4.78, 5) is 1.37. The molecular weight excluding hydrogens is 224 g/mol. The molecule has 0 bridgehead atoms. The Morgan fingerprint density at radius 3 is 2.41 bits per heavy atom. The van der Waals surface area contributed by atoms with E-state index in [2.05, 4.69) is 44.0 Å². The lowest BCUT2D eigenvalue weighted by atomic mass is 9.92. The maximum Gasteiger partial charge on any atom is 0.0155 e. The molecule has 0 aromatic heterocycles. The van der Waals surface area contributed by atoms with Crippen molar-refractivity contribution in [2.45, 2.75) is 50.3 Å². The summed E-state index contributed by atoms with van der Waals surface area (Å²) in [7, 11) is 0. The summed E-state index contributed by atoms with van der Waals surface area (Å²) in [5.41, 5.74) is 1.39. The maximum atomic E-state index is 5.44. The van der Waals surface area contributed by atoms with Crippen LogP contribution in [0, 0.1) is 12.3 Å². The average Bonchev–Trinajstić information content (AvgIpc) is 2.37. The minimum Gasteiger partial charge on any atom is -0.126 e. The Kier molecular flexibility index (Phi) is 6.89. The van der Waals surface area contributed by atoms with Crippen molar-refractivity contribution >= 4 is 11.8 Å². The van der Waals surface area contributed by atoms with Crippen LogP contribution < -0.4 is 0 Å². The molecule has 1 heteroatoms. The first-order chi connectivity index (χ1) is 8.31. The Morgan fingerprint density at radius 2 is 1.88 bits per heavy atom. The van der Waals surface area contributed by atoms with E-state index in [-0.39, 0.29) is 0 Å². The van der Waals surface area contributed by atoms with Gasteiger partial charge in [0.15, 0.2) is 0 Å². The molecular formula is C16H22S. The van der Waals surface area contributed by atoms with Gasteiger partial charge in [0.1, 0.15) is 0 Å². The van der Waals surface area contributed by atoms with Crippen molar-refractivity contribution < 1.29 is 0 Å². The van der Waals surface area contributed by atoms with Gasteiger partial charge < -0.3 is 0 Å². The lowest BCUT2D eigenvalue weighted by Gasteiger charge is -2.14. The van der Waals surface area contributed by atoms with Gasteiger partial charge in [0, 0.05) is 11.3 Å². The first kappa shape index (κ1) is 14.2. The number of terminal acetylenes is 1. The van der Waals surface area contributed by atoms with Gasteiger partial charge >= 0.3 is 0 Å². The largest absolute Gasteiger partial charge is 0.126 e.